The number of carbonyl (C=O) groups is 2. The smallest absolute Gasteiger partial charge is 0.254 e. The highest BCUT2D eigenvalue weighted by molar-refractivity contribution is 6.09. The number of ketones is 1. The first-order valence-corrected chi connectivity index (χ1v) is 10.4. The molecule has 1 amide bonds. The van der Waals surface area contributed by atoms with Gasteiger partial charge in [0.25, 0.3) is 5.91 Å². The molecule has 160 valence electrons. The first kappa shape index (κ1) is 20.8. The molecule has 0 saturated carbocycles. The Kier molecular flexibility index (Phi) is 5.63. The number of rotatable bonds is 4. The molecule has 2 N–H and O–H groups in total. The number of Topliss-reactive ketones (excluding diaryl/α,β-unsaturated/α-hetero) is 1. The lowest BCUT2D eigenvalue weighted by molar-refractivity contribution is -0.116. The summed E-state index contributed by atoms with van der Waals surface area (Å²) in [6.45, 7) is 1.86. The third-order valence-corrected chi connectivity index (χ3v) is 5.87. The van der Waals surface area contributed by atoms with E-state index in [9.17, 15) is 14.0 Å². The molecule has 1 aliphatic carbocycles. The fourth-order valence-electron chi connectivity index (χ4n) is 4.31. The lowest BCUT2D eigenvalue weighted by Crippen LogP contribution is -2.35. The van der Waals surface area contributed by atoms with Crippen molar-refractivity contribution in [2.75, 3.05) is 24.3 Å². The van der Waals surface area contributed by atoms with Crippen molar-refractivity contribution in [1.29, 1.82) is 0 Å². The van der Waals surface area contributed by atoms with Crippen LogP contribution in [-0.2, 0) is 9.59 Å². The SMILES string of the molecule is CC1=C(C(=O)Nc2ccc(F)cc2)[C@H](c2ccc(N(C)C)cc2)C2=C(CCCC2=O)N1. The van der Waals surface area contributed by atoms with Gasteiger partial charge in [0.1, 0.15) is 5.82 Å². The fourth-order valence-corrected chi connectivity index (χ4v) is 4.31. The number of hydrogen-bond acceptors (Lipinski definition) is 4. The summed E-state index contributed by atoms with van der Waals surface area (Å²) in [5.41, 5.74) is 5.28. The fraction of sp³-hybridized carbons (Fsp3) is 0.280. The zero-order valence-electron chi connectivity index (χ0n) is 18.0. The maximum absolute atomic E-state index is 13.4. The van der Waals surface area contributed by atoms with Gasteiger partial charge in [-0.2, -0.15) is 0 Å². The predicted octanol–water partition coefficient (Wildman–Crippen LogP) is 4.50. The van der Waals surface area contributed by atoms with Gasteiger partial charge < -0.3 is 15.5 Å². The van der Waals surface area contributed by atoms with E-state index in [-0.39, 0.29) is 17.5 Å². The molecule has 0 saturated heterocycles. The second-order valence-electron chi connectivity index (χ2n) is 8.21. The van der Waals surface area contributed by atoms with Crippen LogP contribution < -0.4 is 15.5 Å². The average Bonchev–Trinajstić information content (AvgIpc) is 2.74. The Morgan fingerprint density at radius 2 is 1.74 bits per heavy atom. The first-order chi connectivity index (χ1) is 14.8. The highest BCUT2D eigenvalue weighted by atomic mass is 19.1. The van der Waals surface area contributed by atoms with E-state index in [0.717, 1.165) is 35.5 Å². The Bertz CT molecular complexity index is 1080. The molecule has 0 fully saturated rings. The maximum atomic E-state index is 13.4. The number of hydrogen-bond donors (Lipinski definition) is 2. The molecule has 4 rings (SSSR count). The van der Waals surface area contributed by atoms with E-state index in [1.54, 1.807) is 0 Å². The Morgan fingerprint density at radius 3 is 2.39 bits per heavy atom. The Hall–Kier alpha value is -3.41. The van der Waals surface area contributed by atoms with Crippen molar-refractivity contribution < 1.29 is 14.0 Å². The second kappa shape index (κ2) is 8.38. The van der Waals surface area contributed by atoms with Crippen LogP contribution in [0.25, 0.3) is 0 Å². The number of benzene rings is 2. The molecule has 2 aliphatic rings. The van der Waals surface area contributed by atoms with E-state index >= 15 is 0 Å². The van der Waals surface area contributed by atoms with Crippen molar-refractivity contribution >= 4 is 23.1 Å². The van der Waals surface area contributed by atoms with Crippen molar-refractivity contribution in [2.24, 2.45) is 0 Å². The zero-order chi connectivity index (χ0) is 22.1. The largest absolute Gasteiger partial charge is 0.378 e. The third-order valence-electron chi connectivity index (χ3n) is 5.87. The second-order valence-corrected chi connectivity index (χ2v) is 8.21. The molecule has 0 unspecified atom stereocenters. The predicted molar refractivity (Wildman–Crippen MR) is 120 cm³/mol. The molecule has 1 aliphatic heterocycles. The number of anilines is 2. The lowest BCUT2D eigenvalue weighted by Gasteiger charge is -2.34. The van der Waals surface area contributed by atoms with E-state index in [1.165, 1.54) is 24.3 Å². The van der Waals surface area contributed by atoms with E-state index < -0.39 is 5.92 Å². The number of carbonyl (C=O) groups excluding carboxylic acids is 2. The van der Waals surface area contributed by atoms with E-state index in [0.29, 0.717) is 23.3 Å². The first-order valence-electron chi connectivity index (χ1n) is 10.4. The van der Waals surface area contributed by atoms with Crippen molar-refractivity contribution in [1.82, 2.24) is 5.32 Å². The van der Waals surface area contributed by atoms with Gasteiger partial charge >= 0.3 is 0 Å². The van der Waals surface area contributed by atoms with Crippen LogP contribution in [0, 0.1) is 5.82 Å². The van der Waals surface area contributed by atoms with Crippen LogP contribution in [0.2, 0.25) is 0 Å². The number of halogens is 1. The van der Waals surface area contributed by atoms with Crippen LogP contribution in [0.5, 0.6) is 0 Å². The number of nitrogens with one attached hydrogen (secondary N) is 2. The van der Waals surface area contributed by atoms with Crippen LogP contribution >= 0.6 is 0 Å². The summed E-state index contributed by atoms with van der Waals surface area (Å²) in [5.74, 6) is -1.03. The molecule has 2 aromatic carbocycles. The van der Waals surface area contributed by atoms with Crippen LogP contribution in [0.3, 0.4) is 0 Å². The number of dihydropyridines is 1. The van der Waals surface area contributed by atoms with Crippen molar-refractivity contribution in [3.05, 3.63) is 82.5 Å². The maximum Gasteiger partial charge on any atom is 0.254 e. The molecule has 5 nitrogen and oxygen atoms in total. The Labute approximate surface area is 181 Å². The number of nitrogens with zero attached hydrogens (tertiary/aromatic N) is 1. The summed E-state index contributed by atoms with van der Waals surface area (Å²) in [7, 11) is 3.94. The van der Waals surface area contributed by atoms with Crippen molar-refractivity contribution in [2.45, 2.75) is 32.1 Å². The van der Waals surface area contributed by atoms with E-state index in [2.05, 4.69) is 10.6 Å². The molecule has 1 heterocycles. The van der Waals surface area contributed by atoms with E-state index in [1.807, 2.05) is 50.2 Å². The van der Waals surface area contributed by atoms with Crippen molar-refractivity contribution in [3.63, 3.8) is 0 Å². The summed E-state index contributed by atoms with van der Waals surface area (Å²) < 4.78 is 13.3. The monoisotopic (exact) mass is 419 g/mol. The zero-order valence-corrected chi connectivity index (χ0v) is 18.0. The van der Waals surface area contributed by atoms with E-state index in [4.69, 9.17) is 0 Å². The minimum absolute atomic E-state index is 0.0787. The third kappa shape index (κ3) is 4.10. The topological polar surface area (TPSA) is 61.4 Å². The summed E-state index contributed by atoms with van der Waals surface area (Å²) in [4.78, 5) is 28.3. The molecule has 0 spiro atoms. The van der Waals surface area contributed by atoms with Gasteiger partial charge in [0.15, 0.2) is 5.78 Å². The number of amides is 1. The highest BCUT2D eigenvalue weighted by Crippen LogP contribution is 2.42. The molecule has 2 aromatic rings. The molecule has 31 heavy (non-hydrogen) atoms. The minimum atomic E-state index is -0.444. The van der Waals surface area contributed by atoms with Crippen LogP contribution in [0.15, 0.2) is 71.1 Å². The van der Waals surface area contributed by atoms with Crippen LogP contribution in [0.4, 0.5) is 15.8 Å². The molecular formula is C25H26FN3O2. The molecule has 0 aromatic heterocycles. The van der Waals surface area contributed by atoms with Gasteiger partial charge in [-0.1, -0.05) is 12.1 Å². The summed E-state index contributed by atoms with van der Waals surface area (Å²) in [6, 6.07) is 13.6. The average molecular weight is 420 g/mol. The molecular weight excluding hydrogens is 393 g/mol. The van der Waals surface area contributed by atoms with Crippen LogP contribution in [0.1, 0.15) is 37.7 Å². The Morgan fingerprint density at radius 1 is 1.06 bits per heavy atom. The van der Waals surface area contributed by atoms with Gasteiger partial charge in [-0.25, -0.2) is 4.39 Å². The number of allylic oxidation sites excluding steroid dienone is 3. The van der Waals surface area contributed by atoms with Gasteiger partial charge in [-0.15, -0.1) is 0 Å². The highest BCUT2D eigenvalue weighted by Gasteiger charge is 2.38. The minimum Gasteiger partial charge on any atom is -0.378 e. The molecule has 6 heteroatoms. The van der Waals surface area contributed by atoms with Crippen molar-refractivity contribution in [3.8, 4) is 0 Å². The quantitative estimate of drug-likeness (QED) is 0.766. The summed E-state index contributed by atoms with van der Waals surface area (Å²) in [6.07, 6.45) is 2.08. The van der Waals surface area contributed by atoms with Gasteiger partial charge in [-0.05, 0) is 61.7 Å². The standard InChI is InChI=1S/C25H26FN3O2/c1-15-22(25(31)28-18-11-9-17(26)10-12-18)23(16-7-13-19(14-8-16)29(2)3)24-20(27-15)5-4-6-21(24)30/h7-14,23,27H,4-6H2,1-3H3,(H,28,31)/t23-/m0/s1. The molecule has 0 bridgehead atoms. The van der Waals surface area contributed by atoms with Gasteiger partial charge in [0.2, 0.25) is 0 Å². The summed E-state index contributed by atoms with van der Waals surface area (Å²) in [5, 5.41) is 6.18. The summed E-state index contributed by atoms with van der Waals surface area (Å²) >= 11 is 0. The lowest BCUT2D eigenvalue weighted by atomic mass is 9.75. The van der Waals surface area contributed by atoms with Crippen LogP contribution in [-0.4, -0.2) is 25.8 Å². The molecule has 1 atom stereocenters. The Balaban J connectivity index is 1.76. The molecule has 0 radical (unpaired) electrons. The normalized spacial score (nSPS) is 18.5. The van der Waals surface area contributed by atoms with Gasteiger partial charge in [-0.3, -0.25) is 9.59 Å². The van der Waals surface area contributed by atoms with Gasteiger partial charge in [0.05, 0.1) is 0 Å². The van der Waals surface area contributed by atoms with Gasteiger partial charge in [0, 0.05) is 60.3 Å².